The van der Waals surface area contributed by atoms with Crippen molar-refractivity contribution in [2.75, 3.05) is 13.1 Å². The van der Waals surface area contributed by atoms with Crippen molar-refractivity contribution in [2.45, 2.75) is 102 Å². The van der Waals surface area contributed by atoms with Gasteiger partial charge in [0.2, 0.25) is 0 Å². The second-order valence-electron chi connectivity index (χ2n) is 9.37. The number of halogens is 2. The SMILES string of the molecule is CC[Si@](C)([N-]C(C)(C)C)C1CC(N2CCCC2)C2=C1CCCC2.[CH3-].[Cl][Ti][Cl]. The van der Waals surface area contributed by atoms with E-state index in [2.05, 4.69) is 39.1 Å². The fraction of sp³-hybridized carbons (Fsp3) is 0.857. The average Bonchev–Trinajstić information content (AvgIpc) is 3.21. The molecule has 0 aromatic heterocycles. The summed E-state index contributed by atoms with van der Waals surface area (Å²) in [5, 5.41) is 0. The van der Waals surface area contributed by atoms with Gasteiger partial charge in [0.25, 0.3) is 0 Å². The van der Waals surface area contributed by atoms with Crippen molar-refractivity contribution in [2.24, 2.45) is 0 Å². The van der Waals surface area contributed by atoms with E-state index >= 15 is 0 Å². The van der Waals surface area contributed by atoms with Gasteiger partial charge in [-0.05, 0) is 63.6 Å². The molecular formula is C21H40Cl2N2SiTi-2. The standard InChI is InChI=1S/C20H37N2Si.CH3.2ClH.Ti/c1-6-23(5,21-20(2,3)4)19-15-18(22-13-9-10-14-22)16-11-7-8-12-17(16)19;;;;/h18-19H,6-15H2,1-5H3;1H3;2*1H;/q2*-1;;;+2/p-2/t18?,19?,23-;;;;/m0..../s1. The Morgan fingerprint density at radius 2 is 1.59 bits per heavy atom. The molecule has 3 atom stereocenters. The average molecular weight is 467 g/mol. The Hall–Kier alpha value is 1.17. The zero-order valence-electron chi connectivity index (χ0n) is 18.4. The van der Waals surface area contributed by atoms with E-state index in [1.54, 1.807) is 0 Å². The molecule has 2 unspecified atom stereocenters. The van der Waals surface area contributed by atoms with Crippen LogP contribution in [0.15, 0.2) is 11.1 Å². The number of nitrogens with zero attached hydrogens (tertiary/aromatic N) is 2. The van der Waals surface area contributed by atoms with Crippen LogP contribution < -0.4 is 0 Å². The summed E-state index contributed by atoms with van der Waals surface area (Å²) in [4.78, 5) is 8.30. The Morgan fingerprint density at radius 3 is 2.07 bits per heavy atom. The molecule has 0 aromatic carbocycles. The second-order valence-corrected chi connectivity index (χ2v) is 16.3. The van der Waals surface area contributed by atoms with E-state index in [9.17, 15) is 0 Å². The first-order valence-corrected chi connectivity index (χ1v) is 17.4. The Bertz CT molecular complexity index is 489. The van der Waals surface area contributed by atoms with Gasteiger partial charge in [-0.3, -0.25) is 4.90 Å². The van der Waals surface area contributed by atoms with Crippen LogP contribution in [0.3, 0.4) is 0 Å². The van der Waals surface area contributed by atoms with Crippen LogP contribution in [0.5, 0.6) is 0 Å². The molecule has 6 heteroatoms. The van der Waals surface area contributed by atoms with Crippen LogP contribution in [-0.4, -0.2) is 37.8 Å². The molecule has 1 aliphatic heterocycles. The number of hydrogen-bond donors (Lipinski definition) is 0. The Kier molecular flexibility index (Phi) is 11.2. The first-order valence-electron chi connectivity index (χ1n) is 10.4. The Labute approximate surface area is 187 Å². The molecule has 0 radical (unpaired) electrons. The predicted molar refractivity (Wildman–Crippen MR) is 122 cm³/mol. The molecule has 158 valence electrons. The van der Waals surface area contributed by atoms with Gasteiger partial charge in [-0.2, -0.15) is 0 Å². The molecule has 0 N–H and O–H groups in total. The fourth-order valence-corrected chi connectivity index (χ4v) is 9.61. The summed E-state index contributed by atoms with van der Waals surface area (Å²) in [6.07, 6.45) is 9.85. The van der Waals surface area contributed by atoms with Gasteiger partial charge in [0, 0.05) is 6.04 Å². The third-order valence-electron chi connectivity index (χ3n) is 6.48. The summed E-state index contributed by atoms with van der Waals surface area (Å²) in [7, 11) is 8.19. The molecule has 2 aliphatic carbocycles. The summed E-state index contributed by atoms with van der Waals surface area (Å²) in [5.41, 5.74) is 4.71. The van der Waals surface area contributed by atoms with Crippen molar-refractivity contribution in [1.82, 2.24) is 4.90 Å². The summed E-state index contributed by atoms with van der Waals surface area (Å²) in [6.45, 7) is 14.6. The minimum absolute atomic E-state index is 0. The van der Waals surface area contributed by atoms with Crippen molar-refractivity contribution >= 4 is 26.8 Å². The topological polar surface area (TPSA) is 17.3 Å². The van der Waals surface area contributed by atoms with E-state index in [1.807, 2.05) is 11.1 Å². The Morgan fingerprint density at radius 1 is 1.07 bits per heavy atom. The fourth-order valence-electron chi connectivity index (χ4n) is 5.46. The Balaban J connectivity index is 0.000000855. The summed E-state index contributed by atoms with van der Waals surface area (Å²) >= 11 is -0.556. The minimum atomic E-state index is -1.59. The number of likely N-dealkylation sites (tertiary alicyclic amines) is 1. The molecule has 2 nitrogen and oxygen atoms in total. The molecule has 0 saturated carbocycles. The zero-order chi connectivity index (χ0) is 19.4. The van der Waals surface area contributed by atoms with Crippen molar-refractivity contribution in [3.63, 3.8) is 0 Å². The van der Waals surface area contributed by atoms with Crippen LogP contribution >= 0.6 is 18.6 Å². The van der Waals surface area contributed by atoms with Gasteiger partial charge in [0.05, 0.1) is 0 Å². The molecule has 1 saturated heterocycles. The van der Waals surface area contributed by atoms with Gasteiger partial charge in [-0.25, -0.2) is 0 Å². The summed E-state index contributed by atoms with van der Waals surface area (Å²) in [5.74, 6) is 0. The van der Waals surface area contributed by atoms with Crippen molar-refractivity contribution in [3.8, 4) is 0 Å². The molecule has 27 heavy (non-hydrogen) atoms. The number of rotatable bonds is 4. The first kappa shape index (κ1) is 26.2. The third kappa shape index (κ3) is 6.84. The van der Waals surface area contributed by atoms with Crippen LogP contribution in [0, 0.1) is 7.43 Å². The number of hydrogen-bond acceptors (Lipinski definition) is 1. The summed E-state index contributed by atoms with van der Waals surface area (Å²) in [6, 6.07) is 2.09. The molecule has 0 spiro atoms. The maximum atomic E-state index is 5.48. The second kappa shape index (κ2) is 11.5. The van der Waals surface area contributed by atoms with E-state index in [0.717, 1.165) is 11.6 Å². The zero-order valence-corrected chi connectivity index (χ0v) is 22.4. The monoisotopic (exact) mass is 466 g/mol. The quantitative estimate of drug-likeness (QED) is 0.235. The molecule has 1 heterocycles. The van der Waals surface area contributed by atoms with Gasteiger partial charge < -0.3 is 12.4 Å². The molecule has 0 aromatic rings. The van der Waals surface area contributed by atoms with E-state index < -0.39 is 25.3 Å². The van der Waals surface area contributed by atoms with Crippen LogP contribution in [0.1, 0.15) is 72.6 Å². The molecule has 3 aliphatic rings. The molecule has 1 fully saturated rings. The third-order valence-corrected chi connectivity index (χ3v) is 11.2. The molecule has 3 rings (SSSR count). The summed E-state index contributed by atoms with van der Waals surface area (Å²) < 4.78 is 0. The first-order chi connectivity index (χ1) is 12.3. The number of allylic oxidation sites excluding steroid dienone is 1. The maximum absolute atomic E-state index is 5.48. The van der Waals surface area contributed by atoms with E-state index in [0.29, 0.717) is 0 Å². The van der Waals surface area contributed by atoms with Crippen LogP contribution in [0.25, 0.3) is 4.98 Å². The van der Waals surface area contributed by atoms with Crippen LogP contribution in [0.2, 0.25) is 18.1 Å². The van der Waals surface area contributed by atoms with Gasteiger partial charge in [0.1, 0.15) is 0 Å². The molecular weight excluding hydrogens is 427 g/mol. The molecule has 0 amide bonds. The van der Waals surface area contributed by atoms with Crippen LogP contribution in [-0.2, 0) is 17.0 Å². The predicted octanol–water partition coefficient (Wildman–Crippen LogP) is 7.69. The van der Waals surface area contributed by atoms with Gasteiger partial charge in [-0.15, -0.1) is 5.54 Å². The van der Waals surface area contributed by atoms with Crippen LogP contribution in [0.4, 0.5) is 0 Å². The van der Waals surface area contributed by atoms with Crippen molar-refractivity contribution in [1.29, 1.82) is 0 Å². The van der Waals surface area contributed by atoms with Crippen molar-refractivity contribution in [3.05, 3.63) is 23.6 Å². The van der Waals surface area contributed by atoms with Gasteiger partial charge in [-0.1, -0.05) is 59.7 Å². The van der Waals surface area contributed by atoms with E-state index in [1.165, 1.54) is 64.1 Å². The molecule has 0 bridgehead atoms. The van der Waals surface area contributed by atoms with Crippen molar-refractivity contribution < 1.29 is 17.0 Å². The van der Waals surface area contributed by atoms with Gasteiger partial charge >= 0.3 is 35.6 Å². The normalized spacial score (nSPS) is 28.0. The van der Waals surface area contributed by atoms with E-state index in [-0.39, 0.29) is 13.0 Å². The van der Waals surface area contributed by atoms with Gasteiger partial charge in [0.15, 0.2) is 0 Å². The van der Waals surface area contributed by atoms with E-state index in [4.69, 9.17) is 23.6 Å².